The molecule has 1 aromatic heterocycles. The van der Waals surface area contributed by atoms with Gasteiger partial charge in [-0.05, 0) is 26.7 Å². The lowest BCUT2D eigenvalue weighted by Crippen LogP contribution is -2.47. The average Bonchev–Trinajstić information content (AvgIpc) is 2.67. The minimum Gasteiger partial charge on any atom is -0.335 e. The van der Waals surface area contributed by atoms with Gasteiger partial charge in [0.15, 0.2) is 5.13 Å². The predicted molar refractivity (Wildman–Crippen MR) is 83.2 cm³/mol. The number of anilines is 1. The molecule has 0 radical (unpaired) electrons. The normalized spacial score (nSPS) is 17.7. The van der Waals surface area contributed by atoms with E-state index in [1.807, 2.05) is 13.8 Å². The molecular formula is C12H20N4O3S2. The summed E-state index contributed by atoms with van der Waals surface area (Å²) in [6.07, 6.45) is 2.45. The molecular weight excluding hydrogens is 312 g/mol. The lowest BCUT2D eigenvalue weighted by Gasteiger charge is -2.30. The van der Waals surface area contributed by atoms with Crippen molar-refractivity contribution in [1.29, 1.82) is 0 Å². The molecule has 1 aliphatic heterocycles. The lowest BCUT2D eigenvalue weighted by molar-refractivity contribution is 0.238. The van der Waals surface area contributed by atoms with Crippen LogP contribution in [-0.2, 0) is 10.0 Å². The molecule has 1 aliphatic rings. The Labute approximate surface area is 128 Å². The topological polar surface area (TPSA) is 91.4 Å². The number of sulfonamides is 1. The molecule has 0 spiro atoms. The molecule has 0 aliphatic carbocycles. The van der Waals surface area contributed by atoms with Gasteiger partial charge in [0.05, 0.1) is 11.9 Å². The van der Waals surface area contributed by atoms with Crippen molar-refractivity contribution in [3.63, 3.8) is 0 Å². The van der Waals surface area contributed by atoms with Crippen molar-refractivity contribution in [3.8, 4) is 0 Å². The van der Waals surface area contributed by atoms with Gasteiger partial charge in [-0.1, -0.05) is 0 Å². The third kappa shape index (κ3) is 4.39. The number of nitrogens with one attached hydrogen (secondary N) is 2. The Hall–Kier alpha value is -1.19. The molecule has 21 heavy (non-hydrogen) atoms. The van der Waals surface area contributed by atoms with E-state index in [1.165, 1.54) is 21.9 Å². The van der Waals surface area contributed by atoms with Crippen LogP contribution in [-0.4, -0.2) is 49.1 Å². The van der Waals surface area contributed by atoms with Gasteiger partial charge in [-0.3, -0.25) is 5.32 Å². The second-order valence-electron chi connectivity index (χ2n) is 5.20. The molecule has 1 saturated heterocycles. The zero-order chi connectivity index (χ0) is 15.6. The van der Waals surface area contributed by atoms with E-state index < -0.39 is 10.0 Å². The van der Waals surface area contributed by atoms with Crippen molar-refractivity contribution in [2.45, 2.75) is 32.7 Å². The van der Waals surface area contributed by atoms with Crippen molar-refractivity contribution < 1.29 is 13.2 Å². The highest BCUT2D eigenvalue weighted by molar-refractivity contribution is 7.88. The number of rotatable bonds is 3. The third-order valence-corrected chi connectivity index (χ3v) is 5.80. The molecule has 9 heteroatoms. The Kier molecular flexibility index (Phi) is 4.84. The first-order chi connectivity index (χ1) is 9.75. The smallest absolute Gasteiger partial charge is 0.321 e. The number of aryl methyl sites for hydroxylation is 2. The summed E-state index contributed by atoms with van der Waals surface area (Å²) in [6.45, 7) is 4.74. The van der Waals surface area contributed by atoms with E-state index >= 15 is 0 Å². The fraction of sp³-hybridized carbons (Fsp3) is 0.667. The summed E-state index contributed by atoms with van der Waals surface area (Å²) in [5, 5.41) is 6.16. The summed E-state index contributed by atoms with van der Waals surface area (Å²) in [5.74, 6) is 0. The Balaban J connectivity index is 1.82. The monoisotopic (exact) mass is 332 g/mol. The third-order valence-electron chi connectivity index (χ3n) is 3.51. The van der Waals surface area contributed by atoms with Gasteiger partial charge in [-0.15, -0.1) is 11.3 Å². The van der Waals surface area contributed by atoms with Crippen LogP contribution in [0.5, 0.6) is 0 Å². The maximum absolute atomic E-state index is 11.9. The molecule has 0 unspecified atom stereocenters. The Morgan fingerprint density at radius 3 is 2.43 bits per heavy atom. The van der Waals surface area contributed by atoms with Crippen molar-refractivity contribution in [2.24, 2.45) is 0 Å². The lowest BCUT2D eigenvalue weighted by atomic mass is 10.1. The summed E-state index contributed by atoms with van der Waals surface area (Å²) in [7, 11) is -3.13. The molecule has 2 N–H and O–H groups in total. The average molecular weight is 332 g/mol. The van der Waals surface area contributed by atoms with Crippen molar-refractivity contribution in [1.82, 2.24) is 14.6 Å². The summed E-state index contributed by atoms with van der Waals surface area (Å²) in [5.41, 5.74) is 0.914. The first-order valence-corrected chi connectivity index (χ1v) is 9.39. The largest absolute Gasteiger partial charge is 0.335 e. The minimum atomic E-state index is -3.13. The molecule has 1 fully saturated rings. The highest BCUT2D eigenvalue weighted by Gasteiger charge is 2.25. The highest BCUT2D eigenvalue weighted by atomic mass is 32.2. The van der Waals surface area contributed by atoms with Gasteiger partial charge >= 0.3 is 6.03 Å². The van der Waals surface area contributed by atoms with E-state index in [-0.39, 0.29) is 12.1 Å². The van der Waals surface area contributed by atoms with Gasteiger partial charge in [0.1, 0.15) is 0 Å². The van der Waals surface area contributed by atoms with Gasteiger partial charge in [0.2, 0.25) is 10.0 Å². The molecule has 118 valence electrons. The molecule has 0 saturated carbocycles. The van der Waals surface area contributed by atoms with Crippen LogP contribution in [0.15, 0.2) is 0 Å². The van der Waals surface area contributed by atoms with Gasteiger partial charge in [-0.25, -0.2) is 22.5 Å². The standard InChI is InChI=1S/C12H20N4O3S2/c1-8-9(2)20-12(13-8)15-11(17)14-10-4-6-16(7-5-10)21(3,18)19/h10H,4-7H2,1-3H3,(H2,13,14,15,17). The fourth-order valence-electron chi connectivity index (χ4n) is 2.18. The van der Waals surface area contributed by atoms with E-state index in [1.54, 1.807) is 0 Å². The van der Waals surface area contributed by atoms with Crippen LogP contribution in [0.4, 0.5) is 9.93 Å². The molecule has 0 atom stereocenters. The zero-order valence-electron chi connectivity index (χ0n) is 12.3. The molecule has 2 rings (SSSR count). The number of urea groups is 1. The molecule has 0 aromatic carbocycles. The zero-order valence-corrected chi connectivity index (χ0v) is 14.0. The number of hydrogen-bond donors (Lipinski definition) is 2. The first kappa shape index (κ1) is 16.2. The molecule has 1 aromatic rings. The molecule has 2 amide bonds. The number of nitrogens with zero attached hydrogens (tertiary/aromatic N) is 2. The van der Waals surface area contributed by atoms with Crippen LogP contribution in [0.1, 0.15) is 23.4 Å². The van der Waals surface area contributed by atoms with E-state index in [4.69, 9.17) is 0 Å². The van der Waals surface area contributed by atoms with E-state index in [0.717, 1.165) is 10.6 Å². The number of carbonyl (C=O) groups excluding carboxylic acids is 1. The number of piperidine rings is 1. The molecule has 7 nitrogen and oxygen atoms in total. The SMILES string of the molecule is Cc1nc(NC(=O)NC2CCN(S(C)(=O)=O)CC2)sc1C. The Bertz CT molecular complexity index is 599. The molecule has 2 heterocycles. The first-order valence-electron chi connectivity index (χ1n) is 6.72. The molecule has 0 bridgehead atoms. The van der Waals surface area contributed by atoms with Crippen LogP contribution < -0.4 is 10.6 Å². The maximum Gasteiger partial charge on any atom is 0.321 e. The van der Waals surface area contributed by atoms with E-state index in [9.17, 15) is 13.2 Å². The number of aromatic nitrogens is 1. The van der Waals surface area contributed by atoms with Crippen LogP contribution in [0.2, 0.25) is 0 Å². The number of carbonyl (C=O) groups is 1. The van der Waals surface area contributed by atoms with E-state index in [2.05, 4.69) is 15.6 Å². The van der Waals surface area contributed by atoms with Gasteiger partial charge in [0.25, 0.3) is 0 Å². The van der Waals surface area contributed by atoms with Gasteiger partial charge < -0.3 is 5.32 Å². The second-order valence-corrected chi connectivity index (χ2v) is 8.38. The van der Waals surface area contributed by atoms with Crippen molar-refractivity contribution in [3.05, 3.63) is 10.6 Å². The number of thiazole rings is 1. The van der Waals surface area contributed by atoms with Crippen LogP contribution in [0, 0.1) is 13.8 Å². The predicted octanol–water partition coefficient (Wildman–Crippen LogP) is 1.31. The van der Waals surface area contributed by atoms with Crippen LogP contribution >= 0.6 is 11.3 Å². The quantitative estimate of drug-likeness (QED) is 0.873. The number of hydrogen-bond acceptors (Lipinski definition) is 5. The van der Waals surface area contributed by atoms with Gasteiger partial charge in [0, 0.05) is 24.0 Å². The highest BCUT2D eigenvalue weighted by Crippen LogP contribution is 2.21. The fourth-order valence-corrected chi connectivity index (χ4v) is 3.86. The van der Waals surface area contributed by atoms with Crippen molar-refractivity contribution >= 4 is 32.5 Å². The van der Waals surface area contributed by atoms with Crippen LogP contribution in [0.25, 0.3) is 0 Å². The van der Waals surface area contributed by atoms with Crippen LogP contribution in [0.3, 0.4) is 0 Å². The maximum atomic E-state index is 11.9. The Morgan fingerprint density at radius 2 is 1.95 bits per heavy atom. The Morgan fingerprint density at radius 1 is 1.33 bits per heavy atom. The van der Waals surface area contributed by atoms with Gasteiger partial charge in [-0.2, -0.15) is 0 Å². The van der Waals surface area contributed by atoms with Crippen molar-refractivity contribution in [2.75, 3.05) is 24.7 Å². The number of amides is 2. The summed E-state index contributed by atoms with van der Waals surface area (Å²) in [6, 6.07) is -0.299. The second kappa shape index (κ2) is 6.29. The summed E-state index contributed by atoms with van der Waals surface area (Å²) >= 11 is 1.44. The van der Waals surface area contributed by atoms with E-state index in [0.29, 0.717) is 31.1 Å². The summed E-state index contributed by atoms with van der Waals surface area (Å²) in [4.78, 5) is 17.2. The minimum absolute atomic E-state index is 0.00911. The summed E-state index contributed by atoms with van der Waals surface area (Å²) < 4.78 is 24.3.